The number of carbonyl (C=O) groups excluding carboxylic acids is 2. The predicted octanol–water partition coefficient (Wildman–Crippen LogP) is 6.19. The van der Waals surface area contributed by atoms with Crippen LogP contribution in [-0.2, 0) is 12.6 Å². The van der Waals surface area contributed by atoms with Crippen molar-refractivity contribution in [2.45, 2.75) is 65.1 Å². The van der Waals surface area contributed by atoms with Crippen molar-refractivity contribution in [2.24, 2.45) is 0 Å². The van der Waals surface area contributed by atoms with Gasteiger partial charge in [0.15, 0.2) is 0 Å². The first-order valence-corrected chi connectivity index (χ1v) is 14.5. The number of alkyl halides is 3. The van der Waals surface area contributed by atoms with Gasteiger partial charge in [-0.3, -0.25) is 9.59 Å². The smallest absolute Gasteiger partial charge is 0.342 e. The van der Waals surface area contributed by atoms with Crippen LogP contribution in [0.3, 0.4) is 0 Å². The molecule has 0 radical (unpaired) electrons. The number of nitrogens with one attached hydrogen (secondary N) is 2. The SMILES string of the molecule is CCN(CC)CCCCCCc1cc(C(=O)NC(C)c2ncc(C(=O)Nc3cc(C(F)(F)F)c(Cl)cn3)s2)ncn1. The number of unbranched alkanes of at least 4 members (excludes halogenated alkanes) is 3. The molecular weight excluding hydrogens is 579 g/mol. The molecule has 0 aliphatic carbocycles. The zero-order valence-electron chi connectivity index (χ0n) is 23.1. The molecule has 1 unspecified atom stereocenters. The third-order valence-corrected chi connectivity index (χ3v) is 7.86. The number of carbonyl (C=O) groups is 2. The Balaban J connectivity index is 1.51. The van der Waals surface area contributed by atoms with Gasteiger partial charge in [-0.05, 0) is 58.0 Å². The molecule has 3 heterocycles. The van der Waals surface area contributed by atoms with Crippen LogP contribution in [-0.4, -0.2) is 56.3 Å². The number of anilines is 1. The van der Waals surface area contributed by atoms with Gasteiger partial charge in [0.1, 0.15) is 27.7 Å². The van der Waals surface area contributed by atoms with Crippen molar-refractivity contribution in [1.82, 2.24) is 30.2 Å². The number of aromatic nitrogens is 4. The molecule has 41 heavy (non-hydrogen) atoms. The van der Waals surface area contributed by atoms with E-state index in [1.807, 2.05) is 0 Å². The van der Waals surface area contributed by atoms with Crippen LogP contribution in [0.25, 0.3) is 0 Å². The van der Waals surface area contributed by atoms with Crippen molar-refractivity contribution < 1.29 is 22.8 Å². The number of pyridine rings is 1. The third-order valence-electron chi connectivity index (χ3n) is 6.38. The monoisotopic (exact) mass is 611 g/mol. The van der Waals surface area contributed by atoms with E-state index in [9.17, 15) is 22.8 Å². The maximum atomic E-state index is 13.1. The Morgan fingerprint density at radius 1 is 1.00 bits per heavy atom. The predicted molar refractivity (Wildman–Crippen MR) is 152 cm³/mol. The minimum absolute atomic E-state index is 0.132. The Labute approximate surface area is 246 Å². The van der Waals surface area contributed by atoms with E-state index in [1.165, 1.54) is 12.5 Å². The summed E-state index contributed by atoms with van der Waals surface area (Å²) >= 11 is 6.57. The summed E-state index contributed by atoms with van der Waals surface area (Å²) in [5.74, 6) is -1.41. The molecule has 3 aromatic rings. The Kier molecular flexibility index (Phi) is 12.0. The molecule has 9 nitrogen and oxygen atoms in total. The third kappa shape index (κ3) is 9.72. The first kappa shape index (κ1) is 32.4. The van der Waals surface area contributed by atoms with E-state index in [1.54, 1.807) is 13.0 Å². The molecule has 0 aromatic carbocycles. The number of aryl methyl sites for hydroxylation is 1. The molecule has 3 rings (SSSR count). The van der Waals surface area contributed by atoms with Crippen LogP contribution < -0.4 is 10.6 Å². The quantitative estimate of drug-likeness (QED) is 0.209. The minimum atomic E-state index is -4.69. The van der Waals surface area contributed by atoms with Gasteiger partial charge in [0.25, 0.3) is 11.8 Å². The zero-order valence-corrected chi connectivity index (χ0v) is 24.7. The topological polar surface area (TPSA) is 113 Å². The summed E-state index contributed by atoms with van der Waals surface area (Å²) < 4.78 is 39.3. The summed E-state index contributed by atoms with van der Waals surface area (Å²) in [6.45, 7) is 9.28. The number of hydrogen-bond donors (Lipinski definition) is 2. The number of amides is 2. The Bertz CT molecular complexity index is 1320. The highest BCUT2D eigenvalue weighted by molar-refractivity contribution is 7.13. The number of thiazole rings is 1. The lowest BCUT2D eigenvalue weighted by Crippen LogP contribution is -2.27. The first-order valence-electron chi connectivity index (χ1n) is 13.4. The number of rotatable bonds is 14. The van der Waals surface area contributed by atoms with E-state index in [4.69, 9.17) is 11.6 Å². The Morgan fingerprint density at radius 2 is 1.73 bits per heavy atom. The van der Waals surface area contributed by atoms with E-state index in [0.717, 1.165) is 75.0 Å². The van der Waals surface area contributed by atoms with Gasteiger partial charge in [-0.15, -0.1) is 11.3 Å². The lowest BCUT2D eigenvalue weighted by molar-refractivity contribution is -0.137. The Hall–Kier alpha value is -3.16. The summed E-state index contributed by atoms with van der Waals surface area (Å²) in [6, 6.07) is 1.78. The zero-order chi connectivity index (χ0) is 30.0. The van der Waals surface area contributed by atoms with Crippen molar-refractivity contribution in [3.8, 4) is 0 Å². The lowest BCUT2D eigenvalue weighted by Gasteiger charge is -2.17. The van der Waals surface area contributed by atoms with Gasteiger partial charge in [-0.2, -0.15) is 13.2 Å². The molecule has 0 saturated heterocycles. The fraction of sp³-hybridized carbons (Fsp3) is 0.481. The molecular formula is C27H33ClF3N7O2S. The summed E-state index contributed by atoms with van der Waals surface area (Å²) in [4.78, 5) is 44.2. The minimum Gasteiger partial charge on any atom is -0.342 e. The van der Waals surface area contributed by atoms with Gasteiger partial charge in [0.05, 0.1) is 22.8 Å². The number of hydrogen-bond acceptors (Lipinski definition) is 8. The second-order valence-electron chi connectivity index (χ2n) is 9.34. The molecule has 2 N–H and O–H groups in total. The van der Waals surface area contributed by atoms with Crippen molar-refractivity contribution in [3.63, 3.8) is 0 Å². The van der Waals surface area contributed by atoms with Gasteiger partial charge >= 0.3 is 6.18 Å². The van der Waals surface area contributed by atoms with Crippen molar-refractivity contribution in [1.29, 1.82) is 0 Å². The molecule has 0 fully saturated rings. The van der Waals surface area contributed by atoms with Crippen LogP contribution in [0.5, 0.6) is 0 Å². The highest BCUT2D eigenvalue weighted by Gasteiger charge is 2.34. The second kappa shape index (κ2) is 15.2. The van der Waals surface area contributed by atoms with Crippen LogP contribution in [0.1, 0.15) is 88.9 Å². The molecule has 1 atom stereocenters. The molecule has 0 bridgehead atoms. The maximum Gasteiger partial charge on any atom is 0.418 e. The van der Waals surface area contributed by atoms with Gasteiger partial charge in [-0.25, -0.2) is 19.9 Å². The van der Waals surface area contributed by atoms with Gasteiger partial charge in [0.2, 0.25) is 0 Å². The summed E-state index contributed by atoms with van der Waals surface area (Å²) in [7, 11) is 0. The fourth-order valence-corrected chi connectivity index (χ4v) is 5.05. The van der Waals surface area contributed by atoms with Crippen LogP contribution in [0.2, 0.25) is 5.02 Å². The largest absolute Gasteiger partial charge is 0.418 e. The number of nitrogens with zero attached hydrogens (tertiary/aromatic N) is 5. The molecule has 2 amide bonds. The normalized spacial score (nSPS) is 12.4. The number of halogens is 4. The average Bonchev–Trinajstić information content (AvgIpc) is 3.44. The van der Waals surface area contributed by atoms with E-state index in [2.05, 4.69) is 49.3 Å². The summed E-state index contributed by atoms with van der Waals surface area (Å²) in [6.07, 6.45) is 3.89. The van der Waals surface area contributed by atoms with Gasteiger partial charge in [-0.1, -0.05) is 38.3 Å². The Morgan fingerprint density at radius 3 is 2.44 bits per heavy atom. The molecule has 0 spiro atoms. The highest BCUT2D eigenvalue weighted by atomic mass is 35.5. The van der Waals surface area contributed by atoms with Gasteiger partial charge in [0, 0.05) is 11.9 Å². The molecule has 0 saturated carbocycles. The molecule has 14 heteroatoms. The van der Waals surface area contributed by atoms with Crippen molar-refractivity contribution in [3.05, 3.63) is 62.7 Å². The van der Waals surface area contributed by atoms with Gasteiger partial charge < -0.3 is 15.5 Å². The molecule has 0 aliphatic rings. The van der Waals surface area contributed by atoms with E-state index in [0.29, 0.717) is 11.1 Å². The maximum absolute atomic E-state index is 13.1. The highest BCUT2D eigenvalue weighted by Crippen LogP contribution is 2.35. The van der Waals surface area contributed by atoms with Crippen molar-refractivity contribution >= 4 is 40.6 Å². The van der Waals surface area contributed by atoms with Crippen LogP contribution in [0.15, 0.2) is 30.9 Å². The average molecular weight is 612 g/mol. The lowest BCUT2D eigenvalue weighted by atomic mass is 10.1. The van der Waals surface area contributed by atoms with Crippen LogP contribution in [0.4, 0.5) is 19.0 Å². The summed E-state index contributed by atoms with van der Waals surface area (Å²) in [5, 5.41) is 4.99. The standard InChI is InChI=1S/C27H33ClF3N7O2S/c1-4-38(5-2)11-9-7-6-8-10-18-12-21(35-16-34-18)24(39)36-17(3)26-33-15-22(41-26)25(40)37-23-13-19(27(29,30)31)20(28)14-32-23/h12-17H,4-11H2,1-3H3,(H,36,39)(H,32,37,40). The van der Waals surface area contributed by atoms with E-state index >= 15 is 0 Å². The summed E-state index contributed by atoms with van der Waals surface area (Å²) in [5.41, 5.74) is -0.0871. The van der Waals surface area contributed by atoms with E-state index < -0.39 is 34.6 Å². The first-order chi connectivity index (χ1) is 19.5. The molecule has 0 aliphatic heterocycles. The fourth-order valence-electron chi connectivity index (χ4n) is 4.02. The van der Waals surface area contributed by atoms with Crippen LogP contribution in [0, 0.1) is 0 Å². The van der Waals surface area contributed by atoms with E-state index in [-0.39, 0.29) is 16.4 Å². The van der Waals surface area contributed by atoms with Crippen LogP contribution >= 0.6 is 22.9 Å². The second-order valence-corrected chi connectivity index (χ2v) is 10.8. The molecule has 222 valence electrons. The molecule has 3 aromatic heterocycles. The van der Waals surface area contributed by atoms with Crippen molar-refractivity contribution in [2.75, 3.05) is 25.0 Å².